The topological polar surface area (TPSA) is 128 Å². The molecule has 11 heteroatoms. The maximum absolute atomic E-state index is 12.9. The molecule has 2 N–H and O–H groups in total. The number of ether oxygens (including phenoxy) is 1. The zero-order valence-corrected chi connectivity index (χ0v) is 19.3. The molecule has 0 atom stereocenters. The molecule has 0 aliphatic rings. The SMILES string of the molecule is COC(=O)c1c(NC(=O)c2ccc(Cl)c([N+](=O)[O-])c2)sc(C(=O)Nc2cccc(C)c2)c1C. The number of nitro benzene ring substituents is 1. The minimum absolute atomic E-state index is 0.0219. The van der Waals surface area contributed by atoms with E-state index in [1.165, 1.54) is 19.2 Å². The molecule has 2 amide bonds. The number of hydrogen-bond donors (Lipinski definition) is 2. The van der Waals surface area contributed by atoms with Crippen LogP contribution >= 0.6 is 22.9 Å². The predicted molar refractivity (Wildman–Crippen MR) is 126 cm³/mol. The standard InChI is InChI=1S/C22H18ClN3O6S/c1-11-5-4-6-14(9-11)24-20(28)18-12(2)17(22(29)32-3)21(33-18)25-19(27)13-7-8-15(23)16(10-13)26(30)31/h4-10H,1-3H3,(H,24,28)(H,25,27). The predicted octanol–water partition coefficient (Wildman–Crippen LogP) is 5.22. The van der Waals surface area contributed by atoms with Gasteiger partial charge in [-0.3, -0.25) is 19.7 Å². The lowest BCUT2D eigenvalue weighted by molar-refractivity contribution is -0.384. The van der Waals surface area contributed by atoms with E-state index in [4.69, 9.17) is 16.3 Å². The van der Waals surface area contributed by atoms with Gasteiger partial charge >= 0.3 is 5.97 Å². The zero-order valence-electron chi connectivity index (χ0n) is 17.7. The van der Waals surface area contributed by atoms with Crippen molar-refractivity contribution in [1.82, 2.24) is 0 Å². The van der Waals surface area contributed by atoms with Gasteiger partial charge in [0.2, 0.25) is 0 Å². The van der Waals surface area contributed by atoms with Gasteiger partial charge in [0.05, 0.1) is 22.5 Å². The fourth-order valence-electron chi connectivity index (χ4n) is 3.05. The number of amides is 2. The number of esters is 1. The smallest absolute Gasteiger partial charge is 0.341 e. The van der Waals surface area contributed by atoms with Crippen LogP contribution in [0.4, 0.5) is 16.4 Å². The third-order valence-electron chi connectivity index (χ3n) is 4.65. The minimum Gasteiger partial charge on any atom is -0.465 e. The number of nitrogens with zero attached hydrogens (tertiary/aromatic N) is 1. The number of nitrogens with one attached hydrogen (secondary N) is 2. The van der Waals surface area contributed by atoms with Crippen molar-refractivity contribution in [3.05, 3.63) is 84.7 Å². The number of methoxy groups -OCH3 is 1. The number of anilines is 2. The van der Waals surface area contributed by atoms with Crippen LogP contribution < -0.4 is 10.6 Å². The Balaban J connectivity index is 1.95. The normalized spacial score (nSPS) is 10.4. The number of halogens is 1. The second-order valence-corrected chi connectivity index (χ2v) is 8.38. The molecule has 1 heterocycles. The molecule has 1 aromatic heterocycles. The van der Waals surface area contributed by atoms with Crippen molar-refractivity contribution in [3.8, 4) is 0 Å². The van der Waals surface area contributed by atoms with E-state index in [9.17, 15) is 24.5 Å². The largest absolute Gasteiger partial charge is 0.465 e. The molecule has 0 saturated heterocycles. The average molecular weight is 488 g/mol. The van der Waals surface area contributed by atoms with Crippen LogP contribution in [0.3, 0.4) is 0 Å². The number of aryl methyl sites for hydroxylation is 1. The summed E-state index contributed by atoms with van der Waals surface area (Å²) >= 11 is 6.69. The molecule has 0 fully saturated rings. The molecule has 3 aromatic rings. The van der Waals surface area contributed by atoms with Crippen molar-refractivity contribution in [2.24, 2.45) is 0 Å². The Morgan fingerprint density at radius 2 is 1.79 bits per heavy atom. The van der Waals surface area contributed by atoms with Gasteiger partial charge in [-0.25, -0.2) is 4.79 Å². The maximum Gasteiger partial charge on any atom is 0.341 e. The lowest BCUT2D eigenvalue weighted by atomic mass is 10.1. The summed E-state index contributed by atoms with van der Waals surface area (Å²) in [7, 11) is 1.18. The molecule has 3 rings (SSSR count). The lowest BCUT2D eigenvalue weighted by Crippen LogP contribution is -2.14. The molecule has 0 aliphatic heterocycles. The van der Waals surface area contributed by atoms with Gasteiger partial charge in [0.15, 0.2) is 0 Å². The molecule has 33 heavy (non-hydrogen) atoms. The summed E-state index contributed by atoms with van der Waals surface area (Å²) in [6.45, 7) is 3.45. The van der Waals surface area contributed by atoms with Crippen LogP contribution in [0, 0.1) is 24.0 Å². The Kier molecular flexibility index (Phi) is 7.10. The summed E-state index contributed by atoms with van der Waals surface area (Å²) in [4.78, 5) is 48.6. The van der Waals surface area contributed by atoms with E-state index in [-0.39, 0.29) is 26.0 Å². The van der Waals surface area contributed by atoms with Gasteiger partial charge < -0.3 is 15.4 Å². The molecule has 9 nitrogen and oxygen atoms in total. The summed E-state index contributed by atoms with van der Waals surface area (Å²) in [5, 5.41) is 16.4. The van der Waals surface area contributed by atoms with Crippen molar-refractivity contribution < 1.29 is 24.0 Å². The highest BCUT2D eigenvalue weighted by Gasteiger charge is 2.27. The molecule has 0 bridgehead atoms. The Morgan fingerprint density at radius 1 is 1.06 bits per heavy atom. The number of thiophene rings is 1. The van der Waals surface area contributed by atoms with Gasteiger partial charge in [-0.15, -0.1) is 11.3 Å². The summed E-state index contributed by atoms with van der Waals surface area (Å²) in [6.07, 6.45) is 0. The van der Waals surface area contributed by atoms with Gasteiger partial charge in [-0.2, -0.15) is 0 Å². The van der Waals surface area contributed by atoms with E-state index in [2.05, 4.69) is 10.6 Å². The van der Waals surface area contributed by atoms with Crippen LogP contribution in [0.1, 0.15) is 41.5 Å². The van der Waals surface area contributed by atoms with E-state index in [1.807, 2.05) is 13.0 Å². The van der Waals surface area contributed by atoms with Crippen molar-refractivity contribution in [1.29, 1.82) is 0 Å². The lowest BCUT2D eigenvalue weighted by Gasteiger charge is -2.06. The molecular weight excluding hydrogens is 470 g/mol. The van der Waals surface area contributed by atoms with E-state index in [0.29, 0.717) is 11.3 Å². The van der Waals surface area contributed by atoms with Crippen molar-refractivity contribution >= 4 is 57.1 Å². The highest BCUT2D eigenvalue weighted by molar-refractivity contribution is 7.19. The first-order chi connectivity index (χ1) is 15.6. The van der Waals surface area contributed by atoms with E-state index in [0.717, 1.165) is 23.0 Å². The summed E-state index contributed by atoms with van der Waals surface area (Å²) in [5.41, 5.74) is 1.40. The van der Waals surface area contributed by atoms with E-state index in [1.54, 1.807) is 25.1 Å². The third-order valence-corrected chi connectivity index (χ3v) is 6.18. The maximum atomic E-state index is 12.9. The number of carbonyl (C=O) groups is 3. The highest BCUT2D eigenvalue weighted by atomic mass is 35.5. The summed E-state index contributed by atoms with van der Waals surface area (Å²) in [6, 6.07) is 10.8. The summed E-state index contributed by atoms with van der Waals surface area (Å²) in [5.74, 6) is -1.92. The van der Waals surface area contributed by atoms with Crippen LogP contribution in [-0.4, -0.2) is 29.8 Å². The van der Waals surface area contributed by atoms with Crippen LogP contribution in [0.25, 0.3) is 0 Å². The molecule has 170 valence electrons. The van der Waals surface area contributed by atoms with Crippen molar-refractivity contribution in [3.63, 3.8) is 0 Å². The monoisotopic (exact) mass is 487 g/mol. The first kappa shape index (κ1) is 23.9. The fraction of sp³-hybridized carbons (Fsp3) is 0.136. The Morgan fingerprint density at radius 3 is 2.42 bits per heavy atom. The Labute approximate surface area is 197 Å². The first-order valence-corrected chi connectivity index (χ1v) is 10.7. The second-order valence-electron chi connectivity index (χ2n) is 6.95. The zero-order chi connectivity index (χ0) is 24.3. The quantitative estimate of drug-likeness (QED) is 0.279. The molecule has 0 saturated carbocycles. The average Bonchev–Trinajstić information content (AvgIpc) is 3.09. The molecule has 0 radical (unpaired) electrons. The fourth-order valence-corrected chi connectivity index (χ4v) is 4.32. The van der Waals surface area contributed by atoms with Gasteiger partial charge in [0.1, 0.15) is 10.0 Å². The van der Waals surface area contributed by atoms with Gasteiger partial charge in [-0.05, 0) is 49.2 Å². The van der Waals surface area contributed by atoms with Gasteiger partial charge in [-0.1, -0.05) is 23.7 Å². The van der Waals surface area contributed by atoms with Crippen molar-refractivity contribution in [2.45, 2.75) is 13.8 Å². The number of rotatable bonds is 6. The number of hydrogen-bond acceptors (Lipinski definition) is 7. The minimum atomic E-state index is -0.740. The van der Waals surface area contributed by atoms with E-state index >= 15 is 0 Å². The highest BCUT2D eigenvalue weighted by Crippen LogP contribution is 2.35. The summed E-state index contributed by atoms with van der Waals surface area (Å²) < 4.78 is 4.82. The van der Waals surface area contributed by atoms with Crippen LogP contribution in [0.15, 0.2) is 42.5 Å². The molecule has 0 spiro atoms. The Hall–Kier alpha value is -3.76. The van der Waals surface area contributed by atoms with Crippen LogP contribution in [0.5, 0.6) is 0 Å². The third kappa shape index (κ3) is 5.18. The first-order valence-electron chi connectivity index (χ1n) is 9.47. The second kappa shape index (κ2) is 9.80. The van der Waals surface area contributed by atoms with Crippen molar-refractivity contribution in [2.75, 3.05) is 17.7 Å². The van der Waals surface area contributed by atoms with E-state index < -0.39 is 28.4 Å². The molecule has 2 aromatic carbocycles. The van der Waals surface area contributed by atoms with Gasteiger partial charge in [0.25, 0.3) is 17.5 Å². The Bertz CT molecular complexity index is 1290. The molecular formula is C22H18ClN3O6S. The number of benzene rings is 2. The molecule has 0 unspecified atom stereocenters. The molecule has 0 aliphatic carbocycles. The number of nitro groups is 1. The van der Waals surface area contributed by atoms with Crippen LogP contribution in [-0.2, 0) is 4.74 Å². The van der Waals surface area contributed by atoms with Crippen LogP contribution in [0.2, 0.25) is 5.02 Å². The number of carbonyl (C=O) groups excluding carboxylic acids is 3. The van der Waals surface area contributed by atoms with Gasteiger partial charge in [0, 0.05) is 17.3 Å².